The summed E-state index contributed by atoms with van der Waals surface area (Å²) in [6, 6.07) is 2.00. The molecule has 0 fully saturated rings. The molecule has 0 amide bonds. The minimum Gasteiger partial charge on any atom is -0.510 e. The van der Waals surface area contributed by atoms with Gasteiger partial charge < -0.3 is 9.67 Å². The molecule has 0 saturated carbocycles. The highest BCUT2D eigenvalue weighted by Crippen LogP contribution is 2.24. The molecule has 1 aromatic heterocycles. The van der Waals surface area contributed by atoms with Gasteiger partial charge in [-0.3, -0.25) is 0 Å². The maximum absolute atomic E-state index is 9.59. The summed E-state index contributed by atoms with van der Waals surface area (Å²) < 4.78 is 1.93. The van der Waals surface area contributed by atoms with Crippen molar-refractivity contribution in [2.45, 2.75) is 38.1 Å². The summed E-state index contributed by atoms with van der Waals surface area (Å²) in [7, 11) is 0. The molecular weight excluding hydrogens is 240 g/mol. The molecular formula is C11H13ClN4O. The summed E-state index contributed by atoms with van der Waals surface area (Å²) in [5.74, 6) is 0.361. The Balaban J connectivity index is 2.39. The third-order valence-electron chi connectivity index (χ3n) is 2.93. The molecule has 1 aliphatic rings. The fraction of sp³-hybridized carbons (Fsp3) is 0.545. The third-order valence-corrected chi connectivity index (χ3v) is 3.16. The maximum Gasteiger partial charge on any atom is 0.164 e. The van der Waals surface area contributed by atoms with Crippen molar-refractivity contribution in [3.8, 4) is 6.07 Å². The van der Waals surface area contributed by atoms with Crippen molar-refractivity contribution in [2.75, 3.05) is 0 Å². The first-order valence-electron chi connectivity index (χ1n) is 5.58. The van der Waals surface area contributed by atoms with Crippen molar-refractivity contribution in [1.29, 1.82) is 5.26 Å². The predicted octanol–water partition coefficient (Wildman–Crippen LogP) is 2.25. The molecule has 1 unspecified atom stereocenters. The van der Waals surface area contributed by atoms with Gasteiger partial charge >= 0.3 is 0 Å². The van der Waals surface area contributed by atoms with E-state index < -0.39 is 5.92 Å². The Morgan fingerprint density at radius 2 is 2.29 bits per heavy atom. The van der Waals surface area contributed by atoms with Crippen LogP contribution in [0.2, 0.25) is 0 Å². The number of nitrogens with zero attached hydrogens (tertiary/aromatic N) is 4. The van der Waals surface area contributed by atoms with Gasteiger partial charge in [0.25, 0.3) is 0 Å². The molecule has 2 rings (SSSR count). The number of aryl methyl sites for hydroxylation is 1. The zero-order valence-corrected chi connectivity index (χ0v) is 10.1. The average Bonchev–Trinajstić information content (AvgIpc) is 2.60. The van der Waals surface area contributed by atoms with E-state index in [0.29, 0.717) is 5.82 Å². The molecule has 0 bridgehead atoms. The Kier molecular flexibility index (Phi) is 3.64. The van der Waals surface area contributed by atoms with Crippen molar-refractivity contribution in [3.05, 3.63) is 22.9 Å². The molecule has 1 aliphatic heterocycles. The summed E-state index contributed by atoms with van der Waals surface area (Å²) >= 11 is 5.44. The van der Waals surface area contributed by atoms with Gasteiger partial charge in [0.15, 0.2) is 11.7 Å². The van der Waals surface area contributed by atoms with E-state index >= 15 is 0 Å². The van der Waals surface area contributed by atoms with Crippen LogP contribution < -0.4 is 0 Å². The third kappa shape index (κ3) is 2.27. The van der Waals surface area contributed by atoms with Crippen LogP contribution in [0.4, 0.5) is 0 Å². The molecule has 1 aromatic rings. The van der Waals surface area contributed by atoms with E-state index in [0.717, 1.165) is 43.6 Å². The lowest BCUT2D eigenvalue weighted by Crippen LogP contribution is -2.11. The smallest absolute Gasteiger partial charge is 0.164 e. The first kappa shape index (κ1) is 11.9. The van der Waals surface area contributed by atoms with Gasteiger partial charge in [0, 0.05) is 18.5 Å². The lowest BCUT2D eigenvalue weighted by molar-refractivity contribution is 0.380. The van der Waals surface area contributed by atoms with Crippen LogP contribution in [-0.4, -0.2) is 19.9 Å². The van der Waals surface area contributed by atoms with Crippen LogP contribution in [0.1, 0.15) is 36.8 Å². The van der Waals surface area contributed by atoms with Crippen LogP contribution in [0.3, 0.4) is 0 Å². The van der Waals surface area contributed by atoms with Crippen LogP contribution in [0.5, 0.6) is 0 Å². The van der Waals surface area contributed by atoms with E-state index in [2.05, 4.69) is 10.2 Å². The summed E-state index contributed by atoms with van der Waals surface area (Å²) in [5.41, 5.74) is 1.01. The van der Waals surface area contributed by atoms with Gasteiger partial charge in [0.05, 0.1) is 6.07 Å². The Labute approximate surface area is 104 Å². The van der Waals surface area contributed by atoms with Gasteiger partial charge in [0.2, 0.25) is 0 Å². The summed E-state index contributed by atoms with van der Waals surface area (Å²) in [5, 5.41) is 26.8. The van der Waals surface area contributed by atoms with Crippen molar-refractivity contribution >= 4 is 11.6 Å². The van der Waals surface area contributed by atoms with E-state index in [4.69, 9.17) is 16.9 Å². The van der Waals surface area contributed by atoms with Gasteiger partial charge in [-0.05, 0) is 12.8 Å². The molecule has 1 atom stereocenters. The monoisotopic (exact) mass is 252 g/mol. The fourth-order valence-electron chi connectivity index (χ4n) is 2.04. The lowest BCUT2D eigenvalue weighted by Gasteiger charge is -2.10. The van der Waals surface area contributed by atoms with E-state index in [1.54, 1.807) is 0 Å². The average molecular weight is 253 g/mol. The number of allylic oxidation sites excluding steroid dienone is 1. The molecule has 2 heterocycles. The molecule has 1 N–H and O–H groups in total. The van der Waals surface area contributed by atoms with Gasteiger partial charge in [-0.25, -0.2) is 0 Å². The molecule has 0 saturated heterocycles. The molecule has 0 spiro atoms. The molecule has 5 nitrogen and oxygen atoms in total. The second-order valence-electron chi connectivity index (χ2n) is 4.03. The number of halogens is 1. The first-order valence-corrected chi connectivity index (χ1v) is 6.02. The van der Waals surface area contributed by atoms with Gasteiger partial charge in [-0.1, -0.05) is 18.0 Å². The highest BCUT2D eigenvalue weighted by atomic mass is 35.5. The molecule has 90 valence electrons. The number of hydrogen-bond acceptors (Lipinski definition) is 4. The van der Waals surface area contributed by atoms with Gasteiger partial charge in [0.1, 0.15) is 11.6 Å². The lowest BCUT2D eigenvalue weighted by atomic mass is 10.1. The molecule has 0 radical (unpaired) electrons. The van der Waals surface area contributed by atoms with E-state index in [-0.39, 0.29) is 5.76 Å². The Bertz CT molecular complexity index is 474. The highest BCUT2D eigenvalue weighted by molar-refractivity contribution is 6.25. The van der Waals surface area contributed by atoms with E-state index in [9.17, 15) is 5.11 Å². The zero-order chi connectivity index (χ0) is 12.3. The van der Waals surface area contributed by atoms with Gasteiger partial charge in [-0.2, -0.15) is 5.26 Å². The summed E-state index contributed by atoms with van der Waals surface area (Å²) in [6.07, 6.45) is 4.15. The van der Waals surface area contributed by atoms with Crippen molar-refractivity contribution in [1.82, 2.24) is 14.8 Å². The van der Waals surface area contributed by atoms with Crippen molar-refractivity contribution in [2.24, 2.45) is 0 Å². The van der Waals surface area contributed by atoms with Crippen LogP contribution in [-0.2, 0) is 13.0 Å². The standard InChI is InChI=1S/C11H13ClN4O/c12-6-9(17)8(7-13)11-15-14-10-4-2-1-3-5-16(10)11/h6,8,17H,1-5H2. The number of fused-ring (bicyclic) bond motifs is 1. The second kappa shape index (κ2) is 5.19. The topological polar surface area (TPSA) is 74.7 Å². The van der Waals surface area contributed by atoms with Gasteiger partial charge in [-0.15, -0.1) is 10.2 Å². The number of aliphatic hydroxyl groups is 1. The molecule has 6 heteroatoms. The van der Waals surface area contributed by atoms with Crippen LogP contribution in [0, 0.1) is 11.3 Å². The quantitative estimate of drug-likeness (QED) is 0.819. The zero-order valence-electron chi connectivity index (χ0n) is 9.30. The predicted molar refractivity (Wildman–Crippen MR) is 62.5 cm³/mol. The minimum absolute atomic E-state index is 0.186. The number of hydrogen-bond donors (Lipinski definition) is 1. The van der Waals surface area contributed by atoms with Crippen LogP contribution >= 0.6 is 11.6 Å². The molecule has 17 heavy (non-hydrogen) atoms. The summed E-state index contributed by atoms with van der Waals surface area (Å²) in [4.78, 5) is 0. The van der Waals surface area contributed by atoms with Crippen LogP contribution in [0.15, 0.2) is 11.3 Å². The minimum atomic E-state index is -0.827. The molecule has 0 aromatic carbocycles. The van der Waals surface area contributed by atoms with E-state index in [1.807, 2.05) is 10.6 Å². The molecule has 0 aliphatic carbocycles. The fourth-order valence-corrected chi connectivity index (χ4v) is 2.17. The number of aliphatic hydroxyl groups excluding tert-OH is 1. The Hall–Kier alpha value is -1.54. The normalized spacial score (nSPS) is 18.0. The first-order chi connectivity index (χ1) is 8.27. The Morgan fingerprint density at radius 3 is 3.00 bits per heavy atom. The number of nitriles is 1. The SMILES string of the molecule is N#CC(C(O)=CCl)c1nnc2n1CCCCC2. The van der Waals surface area contributed by atoms with Crippen molar-refractivity contribution < 1.29 is 5.11 Å². The van der Waals surface area contributed by atoms with Crippen molar-refractivity contribution in [3.63, 3.8) is 0 Å². The van der Waals surface area contributed by atoms with E-state index in [1.165, 1.54) is 0 Å². The number of aromatic nitrogens is 3. The maximum atomic E-state index is 9.59. The summed E-state index contributed by atoms with van der Waals surface area (Å²) in [6.45, 7) is 0.797. The number of rotatable bonds is 2. The highest BCUT2D eigenvalue weighted by Gasteiger charge is 2.24. The largest absolute Gasteiger partial charge is 0.510 e. The Morgan fingerprint density at radius 1 is 1.47 bits per heavy atom. The van der Waals surface area contributed by atoms with Crippen LogP contribution in [0.25, 0.3) is 0 Å². The second-order valence-corrected chi connectivity index (χ2v) is 4.25.